The molecule has 8 heteroatoms. The fraction of sp³-hybridized carbons (Fsp3) is 0.429. The molecule has 0 radical (unpaired) electrons. The molecule has 0 atom stereocenters. The first-order chi connectivity index (χ1) is 10.6. The molecule has 22 heavy (non-hydrogen) atoms. The van der Waals surface area contributed by atoms with E-state index in [4.69, 9.17) is 0 Å². The predicted octanol–water partition coefficient (Wildman–Crippen LogP) is 1.52. The summed E-state index contributed by atoms with van der Waals surface area (Å²) in [5.41, 5.74) is -1.02. The van der Waals surface area contributed by atoms with Gasteiger partial charge in [-0.15, -0.1) is 16.4 Å². The standard InChI is InChI=1S/C14H16N4O3S/c19-12(15-14(13(20)21)5-1-2-6-14)11-9-18(17-16-11)8-10-4-3-7-22-10/h3-4,7,9H,1-2,5-6,8H2,(H,15,19)(H,20,21). The van der Waals surface area contributed by atoms with Crippen LogP contribution in [0.15, 0.2) is 23.7 Å². The van der Waals surface area contributed by atoms with E-state index in [0.29, 0.717) is 19.4 Å². The molecule has 7 nitrogen and oxygen atoms in total. The zero-order valence-corrected chi connectivity index (χ0v) is 12.7. The minimum atomic E-state index is -1.16. The summed E-state index contributed by atoms with van der Waals surface area (Å²) in [6.45, 7) is 0.544. The van der Waals surface area contributed by atoms with Gasteiger partial charge < -0.3 is 10.4 Å². The van der Waals surface area contributed by atoms with Crippen LogP contribution in [0.1, 0.15) is 41.0 Å². The molecule has 1 aliphatic carbocycles. The van der Waals surface area contributed by atoms with Crippen LogP contribution < -0.4 is 5.32 Å². The summed E-state index contributed by atoms with van der Waals surface area (Å²) in [5, 5.41) is 21.7. The Hall–Kier alpha value is -2.22. The summed E-state index contributed by atoms with van der Waals surface area (Å²) in [4.78, 5) is 24.8. The van der Waals surface area contributed by atoms with Crippen molar-refractivity contribution in [3.05, 3.63) is 34.3 Å². The highest BCUT2D eigenvalue weighted by Gasteiger charge is 2.43. The molecule has 2 heterocycles. The summed E-state index contributed by atoms with van der Waals surface area (Å²) < 4.78 is 1.57. The molecule has 0 bridgehead atoms. The van der Waals surface area contributed by atoms with Gasteiger partial charge in [0.1, 0.15) is 5.54 Å². The summed E-state index contributed by atoms with van der Waals surface area (Å²) in [7, 11) is 0. The topological polar surface area (TPSA) is 97.1 Å². The molecule has 2 N–H and O–H groups in total. The van der Waals surface area contributed by atoms with Gasteiger partial charge in [0.15, 0.2) is 5.69 Å². The molecule has 1 amide bonds. The number of carboxylic acids is 1. The second-order valence-corrected chi connectivity index (χ2v) is 6.46. The Balaban J connectivity index is 1.70. The van der Waals surface area contributed by atoms with Gasteiger partial charge in [0.05, 0.1) is 12.7 Å². The number of nitrogens with zero attached hydrogens (tertiary/aromatic N) is 3. The monoisotopic (exact) mass is 320 g/mol. The molecular formula is C14H16N4O3S. The van der Waals surface area contributed by atoms with E-state index in [1.54, 1.807) is 22.2 Å². The second-order valence-electron chi connectivity index (χ2n) is 5.43. The molecule has 0 saturated heterocycles. The maximum absolute atomic E-state index is 12.2. The number of aliphatic carboxylic acids is 1. The van der Waals surface area contributed by atoms with E-state index < -0.39 is 17.4 Å². The Bertz CT molecular complexity index is 674. The van der Waals surface area contributed by atoms with E-state index in [0.717, 1.165) is 17.7 Å². The number of aromatic nitrogens is 3. The van der Waals surface area contributed by atoms with Gasteiger partial charge >= 0.3 is 5.97 Å². The number of nitrogens with one attached hydrogen (secondary N) is 1. The third-order valence-electron chi connectivity index (χ3n) is 3.89. The normalized spacial score (nSPS) is 16.5. The number of amides is 1. The van der Waals surface area contributed by atoms with E-state index in [9.17, 15) is 14.7 Å². The summed E-state index contributed by atoms with van der Waals surface area (Å²) in [6, 6.07) is 3.92. The maximum Gasteiger partial charge on any atom is 0.329 e. The molecular weight excluding hydrogens is 304 g/mol. The van der Waals surface area contributed by atoms with Crippen LogP contribution in [0.3, 0.4) is 0 Å². The molecule has 116 valence electrons. The van der Waals surface area contributed by atoms with Gasteiger partial charge in [0.2, 0.25) is 0 Å². The Morgan fingerprint density at radius 1 is 1.41 bits per heavy atom. The number of carboxylic acid groups (broad SMARTS) is 1. The van der Waals surface area contributed by atoms with Crippen molar-refractivity contribution in [1.29, 1.82) is 0 Å². The number of thiophene rings is 1. The molecule has 0 spiro atoms. The lowest BCUT2D eigenvalue weighted by Gasteiger charge is -2.24. The van der Waals surface area contributed by atoms with Gasteiger partial charge in [-0.2, -0.15) is 0 Å². The third-order valence-corrected chi connectivity index (χ3v) is 4.75. The van der Waals surface area contributed by atoms with Gasteiger partial charge in [-0.3, -0.25) is 4.79 Å². The number of hydrogen-bond acceptors (Lipinski definition) is 5. The third kappa shape index (κ3) is 2.87. The molecule has 0 aliphatic heterocycles. The van der Waals surface area contributed by atoms with E-state index in [-0.39, 0.29) is 5.69 Å². The van der Waals surface area contributed by atoms with E-state index >= 15 is 0 Å². The maximum atomic E-state index is 12.2. The lowest BCUT2D eigenvalue weighted by atomic mass is 9.98. The Kier molecular flexibility index (Phi) is 3.93. The van der Waals surface area contributed by atoms with Crippen LogP contribution >= 0.6 is 11.3 Å². The van der Waals surface area contributed by atoms with Crippen LogP contribution in [-0.4, -0.2) is 37.5 Å². The van der Waals surface area contributed by atoms with Gasteiger partial charge in [0, 0.05) is 4.88 Å². The fourth-order valence-corrected chi connectivity index (χ4v) is 3.39. The average molecular weight is 320 g/mol. The SMILES string of the molecule is O=C(NC1(C(=O)O)CCCC1)c1cn(Cc2cccs2)nn1. The van der Waals surface area contributed by atoms with Crippen molar-refractivity contribution in [1.82, 2.24) is 20.3 Å². The zero-order chi connectivity index (χ0) is 15.6. The Morgan fingerprint density at radius 3 is 2.82 bits per heavy atom. The first kappa shape index (κ1) is 14.7. The number of rotatable bonds is 5. The molecule has 1 saturated carbocycles. The van der Waals surface area contributed by atoms with Crippen LogP contribution in [0.5, 0.6) is 0 Å². The number of carbonyl (C=O) groups is 2. The van der Waals surface area contributed by atoms with Crippen molar-refractivity contribution in [2.45, 2.75) is 37.8 Å². The highest BCUT2D eigenvalue weighted by molar-refractivity contribution is 7.09. The van der Waals surface area contributed by atoms with Crippen molar-refractivity contribution in [3.8, 4) is 0 Å². The fourth-order valence-electron chi connectivity index (χ4n) is 2.69. The van der Waals surface area contributed by atoms with Crippen molar-refractivity contribution in [2.24, 2.45) is 0 Å². The van der Waals surface area contributed by atoms with Crippen molar-refractivity contribution in [3.63, 3.8) is 0 Å². The van der Waals surface area contributed by atoms with Gasteiger partial charge in [-0.25, -0.2) is 9.48 Å². The first-order valence-corrected chi connectivity index (χ1v) is 7.95. The Morgan fingerprint density at radius 2 is 2.18 bits per heavy atom. The average Bonchev–Trinajstić information content (AvgIpc) is 3.20. The van der Waals surface area contributed by atoms with Crippen LogP contribution in [0.25, 0.3) is 0 Å². The highest BCUT2D eigenvalue weighted by atomic mass is 32.1. The van der Waals surface area contributed by atoms with Gasteiger partial charge in [-0.1, -0.05) is 24.1 Å². The Labute approximate surface area is 131 Å². The van der Waals surface area contributed by atoms with Gasteiger partial charge in [0.25, 0.3) is 5.91 Å². The molecule has 0 unspecified atom stereocenters. The summed E-state index contributed by atoms with van der Waals surface area (Å²) >= 11 is 1.60. The second kappa shape index (κ2) is 5.88. The van der Waals surface area contributed by atoms with Crippen LogP contribution in [0.2, 0.25) is 0 Å². The van der Waals surface area contributed by atoms with Crippen LogP contribution in [-0.2, 0) is 11.3 Å². The molecule has 2 aromatic rings. The van der Waals surface area contributed by atoms with E-state index in [1.807, 2.05) is 17.5 Å². The lowest BCUT2D eigenvalue weighted by molar-refractivity contribution is -0.144. The van der Waals surface area contributed by atoms with E-state index in [2.05, 4.69) is 15.6 Å². The van der Waals surface area contributed by atoms with Crippen LogP contribution in [0.4, 0.5) is 0 Å². The van der Waals surface area contributed by atoms with E-state index in [1.165, 1.54) is 0 Å². The summed E-state index contributed by atoms with van der Waals surface area (Å²) in [6.07, 6.45) is 4.06. The lowest BCUT2D eigenvalue weighted by Crippen LogP contribution is -2.52. The van der Waals surface area contributed by atoms with Crippen molar-refractivity contribution in [2.75, 3.05) is 0 Å². The largest absolute Gasteiger partial charge is 0.480 e. The number of hydrogen-bond donors (Lipinski definition) is 2. The molecule has 0 aromatic carbocycles. The first-order valence-electron chi connectivity index (χ1n) is 7.07. The van der Waals surface area contributed by atoms with Crippen molar-refractivity contribution >= 4 is 23.2 Å². The summed E-state index contributed by atoms with van der Waals surface area (Å²) in [5.74, 6) is -1.47. The van der Waals surface area contributed by atoms with Crippen LogP contribution in [0, 0.1) is 0 Å². The smallest absolute Gasteiger partial charge is 0.329 e. The highest BCUT2D eigenvalue weighted by Crippen LogP contribution is 2.30. The number of carbonyl (C=O) groups excluding carboxylic acids is 1. The zero-order valence-electron chi connectivity index (χ0n) is 11.9. The predicted molar refractivity (Wildman–Crippen MR) is 79.7 cm³/mol. The van der Waals surface area contributed by atoms with Crippen molar-refractivity contribution < 1.29 is 14.7 Å². The minimum absolute atomic E-state index is 0.143. The molecule has 3 rings (SSSR count). The van der Waals surface area contributed by atoms with Gasteiger partial charge in [-0.05, 0) is 24.3 Å². The quantitative estimate of drug-likeness (QED) is 0.870. The molecule has 1 aliphatic rings. The molecule has 1 fully saturated rings. The molecule has 2 aromatic heterocycles. The minimum Gasteiger partial charge on any atom is -0.480 e.